The van der Waals surface area contributed by atoms with Gasteiger partial charge in [0, 0.05) is 10.5 Å². The molecule has 0 unspecified atom stereocenters. The minimum absolute atomic E-state index is 0.423. The lowest BCUT2D eigenvalue weighted by Gasteiger charge is -2.20. The quantitative estimate of drug-likeness (QED) is 0.416. The summed E-state index contributed by atoms with van der Waals surface area (Å²) in [6.07, 6.45) is 0.774. The summed E-state index contributed by atoms with van der Waals surface area (Å²) in [5.74, 6) is -0.486. The molecular weight excluding hydrogens is 398 g/mol. The van der Waals surface area contributed by atoms with Crippen LogP contribution in [0.4, 0.5) is 5.69 Å². The molecule has 3 rings (SSSR count). The molecule has 30 heavy (non-hydrogen) atoms. The molecule has 0 radical (unpaired) electrons. The molecule has 5 nitrogen and oxygen atoms in total. The molecule has 0 aliphatic rings. The van der Waals surface area contributed by atoms with Gasteiger partial charge >= 0.3 is 5.97 Å². The summed E-state index contributed by atoms with van der Waals surface area (Å²) in [6, 6.07) is 21.6. The fourth-order valence-corrected chi connectivity index (χ4v) is 3.59. The molecule has 0 saturated carbocycles. The number of aryl methyl sites for hydroxylation is 1. The van der Waals surface area contributed by atoms with E-state index in [9.17, 15) is 9.59 Å². The Morgan fingerprint density at radius 1 is 0.967 bits per heavy atom. The van der Waals surface area contributed by atoms with Gasteiger partial charge in [-0.1, -0.05) is 48.5 Å². The number of thioether (sulfide) groups is 1. The maximum atomic E-state index is 13.2. The molecule has 1 N–H and O–H groups in total. The first-order chi connectivity index (χ1) is 14.5. The summed E-state index contributed by atoms with van der Waals surface area (Å²) in [5, 5.41) is 2.84. The van der Waals surface area contributed by atoms with Gasteiger partial charge in [-0.05, 0) is 43.0 Å². The molecule has 3 aromatic carbocycles. The van der Waals surface area contributed by atoms with Gasteiger partial charge in [0.2, 0.25) is 6.10 Å². The van der Waals surface area contributed by atoms with Crippen molar-refractivity contribution in [2.45, 2.75) is 17.9 Å². The second-order valence-electron chi connectivity index (χ2n) is 6.59. The maximum Gasteiger partial charge on any atom is 0.340 e. The Bertz CT molecular complexity index is 1040. The summed E-state index contributed by atoms with van der Waals surface area (Å²) in [4.78, 5) is 26.9. The lowest BCUT2D eigenvalue weighted by Crippen LogP contribution is -2.26. The van der Waals surface area contributed by atoms with Crippen LogP contribution in [0.3, 0.4) is 0 Å². The fraction of sp³-hybridized carbons (Fsp3) is 0.167. The van der Waals surface area contributed by atoms with Crippen molar-refractivity contribution in [1.82, 2.24) is 0 Å². The Hall–Kier alpha value is -3.25. The SMILES string of the molecule is COc1ccc(C)cc1NC(=O)[C@@H](OC(=O)c1ccccc1SC)c1ccccc1. The number of hydrogen-bond acceptors (Lipinski definition) is 5. The van der Waals surface area contributed by atoms with E-state index in [0.717, 1.165) is 10.5 Å². The largest absolute Gasteiger partial charge is 0.495 e. The van der Waals surface area contributed by atoms with Gasteiger partial charge in [-0.15, -0.1) is 11.8 Å². The minimum Gasteiger partial charge on any atom is -0.495 e. The highest BCUT2D eigenvalue weighted by Crippen LogP contribution is 2.29. The smallest absolute Gasteiger partial charge is 0.340 e. The molecule has 0 aliphatic heterocycles. The van der Waals surface area contributed by atoms with Crippen LogP contribution in [0, 0.1) is 6.92 Å². The van der Waals surface area contributed by atoms with E-state index in [2.05, 4.69) is 5.32 Å². The number of anilines is 1. The van der Waals surface area contributed by atoms with E-state index in [1.165, 1.54) is 18.9 Å². The summed E-state index contributed by atoms with van der Waals surface area (Å²) in [7, 11) is 1.54. The molecule has 1 atom stereocenters. The predicted octanol–water partition coefficient (Wildman–Crippen LogP) is 5.26. The molecular formula is C24H23NO4S. The molecule has 0 aliphatic carbocycles. The Labute approximate surface area is 180 Å². The van der Waals surface area contributed by atoms with E-state index in [0.29, 0.717) is 22.6 Å². The summed E-state index contributed by atoms with van der Waals surface area (Å²) in [6.45, 7) is 1.92. The predicted molar refractivity (Wildman–Crippen MR) is 119 cm³/mol. The maximum absolute atomic E-state index is 13.2. The van der Waals surface area contributed by atoms with E-state index >= 15 is 0 Å². The fourth-order valence-electron chi connectivity index (χ4n) is 3.00. The highest BCUT2D eigenvalue weighted by Gasteiger charge is 2.27. The number of rotatable bonds is 7. The van der Waals surface area contributed by atoms with Crippen molar-refractivity contribution in [3.8, 4) is 5.75 Å². The third-order valence-corrected chi connectivity index (χ3v) is 5.30. The number of carbonyl (C=O) groups excluding carboxylic acids is 2. The Morgan fingerprint density at radius 3 is 2.37 bits per heavy atom. The van der Waals surface area contributed by atoms with Crippen molar-refractivity contribution < 1.29 is 19.1 Å². The highest BCUT2D eigenvalue weighted by molar-refractivity contribution is 7.98. The van der Waals surface area contributed by atoms with Crippen molar-refractivity contribution >= 4 is 29.3 Å². The second-order valence-corrected chi connectivity index (χ2v) is 7.44. The van der Waals surface area contributed by atoms with Gasteiger partial charge in [0.15, 0.2) is 0 Å². The van der Waals surface area contributed by atoms with Crippen LogP contribution in [0.5, 0.6) is 5.75 Å². The number of hydrogen-bond donors (Lipinski definition) is 1. The summed E-state index contributed by atoms with van der Waals surface area (Å²) < 4.78 is 11.0. The van der Waals surface area contributed by atoms with E-state index in [1.54, 1.807) is 42.5 Å². The average molecular weight is 422 g/mol. The van der Waals surface area contributed by atoms with Crippen LogP contribution >= 0.6 is 11.8 Å². The molecule has 0 bridgehead atoms. The van der Waals surface area contributed by atoms with E-state index in [-0.39, 0.29) is 0 Å². The zero-order valence-corrected chi connectivity index (χ0v) is 17.9. The molecule has 1 amide bonds. The van der Waals surface area contributed by atoms with Gasteiger partial charge in [-0.3, -0.25) is 4.79 Å². The first kappa shape index (κ1) is 21.5. The Morgan fingerprint density at radius 2 is 1.67 bits per heavy atom. The van der Waals surface area contributed by atoms with Crippen LogP contribution in [-0.4, -0.2) is 25.2 Å². The third kappa shape index (κ3) is 5.02. The normalized spacial score (nSPS) is 11.4. The average Bonchev–Trinajstić information content (AvgIpc) is 2.78. The number of methoxy groups -OCH3 is 1. The second kappa shape index (κ2) is 9.98. The van der Waals surface area contributed by atoms with Gasteiger partial charge in [-0.25, -0.2) is 4.79 Å². The minimum atomic E-state index is -1.11. The van der Waals surface area contributed by atoms with Crippen LogP contribution < -0.4 is 10.1 Å². The number of benzene rings is 3. The molecule has 3 aromatic rings. The monoisotopic (exact) mass is 421 g/mol. The van der Waals surface area contributed by atoms with Crippen molar-refractivity contribution in [1.29, 1.82) is 0 Å². The topological polar surface area (TPSA) is 64.6 Å². The van der Waals surface area contributed by atoms with Crippen molar-refractivity contribution in [3.05, 3.63) is 89.5 Å². The number of ether oxygens (including phenoxy) is 2. The van der Waals surface area contributed by atoms with Gasteiger partial charge in [0.05, 0.1) is 18.4 Å². The van der Waals surface area contributed by atoms with E-state index in [1.807, 2.05) is 43.5 Å². The van der Waals surface area contributed by atoms with Gasteiger partial charge in [0.1, 0.15) is 5.75 Å². The number of amides is 1. The number of nitrogens with one attached hydrogen (secondary N) is 1. The van der Waals surface area contributed by atoms with Gasteiger partial charge < -0.3 is 14.8 Å². The molecule has 0 saturated heterocycles. The summed E-state index contributed by atoms with van der Waals surface area (Å²) in [5.41, 5.74) is 2.49. The van der Waals surface area contributed by atoms with Gasteiger partial charge in [-0.2, -0.15) is 0 Å². The first-order valence-electron chi connectivity index (χ1n) is 9.38. The lowest BCUT2D eigenvalue weighted by atomic mass is 10.1. The first-order valence-corrected chi connectivity index (χ1v) is 10.6. The third-order valence-electron chi connectivity index (χ3n) is 4.51. The molecule has 0 heterocycles. The Balaban J connectivity index is 1.91. The van der Waals surface area contributed by atoms with Crippen LogP contribution in [-0.2, 0) is 9.53 Å². The van der Waals surface area contributed by atoms with Crippen molar-refractivity contribution in [2.75, 3.05) is 18.7 Å². The summed E-state index contributed by atoms with van der Waals surface area (Å²) >= 11 is 1.45. The van der Waals surface area contributed by atoms with Crippen LogP contribution in [0.25, 0.3) is 0 Å². The zero-order valence-electron chi connectivity index (χ0n) is 17.0. The van der Waals surface area contributed by atoms with Crippen LogP contribution in [0.2, 0.25) is 0 Å². The molecule has 154 valence electrons. The zero-order chi connectivity index (χ0) is 21.5. The van der Waals surface area contributed by atoms with Crippen molar-refractivity contribution in [2.24, 2.45) is 0 Å². The Kier molecular flexibility index (Phi) is 7.14. The standard InChI is InChI=1S/C24H23NO4S/c1-16-13-14-20(28-2)19(15-16)25-23(26)22(17-9-5-4-6-10-17)29-24(27)18-11-7-8-12-21(18)30-3/h4-15,22H,1-3H3,(H,25,26)/t22-/m0/s1. The van der Waals surface area contributed by atoms with Gasteiger partial charge in [0.25, 0.3) is 5.91 Å². The molecule has 0 spiro atoms. The van der Waals surface area contributed by atoms with Crippen LogP contribution in [0.1, 0.15) is 27.6 Å². The number of esters is 1. The molecule has 0 fully saturated rings. The number of carbonyl (C=O) groups is 2. The van der Waals surface area contributed by atoms with E-state index < -0.39 is 18.0 Å². The molecule has 0 aromatic heterocycles. The lowest BCUT2D eigenvalue weighted by molar-refractivity contribution is -0.125. The van der Waals surface area contributed by atoms with Crippen LogP contribution in [0.15, 0.2) is 77.7 Å². The highest BCUT2D eigenvalue weighted by atomic mass is 32.2. The van der Waals surface area contributed by atoms with E-state index in [4.69, 9.17) is 9.47 Å². The van der Waals surface area contributed by atoms with Crippen molar-refractivity contribution in [3.63, 3.8) is 0 Å². The molecule has 6 heteroatoms.